The molecular weight excluding hydrogens is 394 g/mol. The number of ether oxygens (including phenoxy) is 2. The standard InChI is InChI=1S/C25H35NO5/c1-12-16-6-7-18-19-10-22-24(5,26-14(3)30-22)25(19,13(2)27)11-20(29)23(18)17(16)8-9-21(12)31-15(4)28/h12,16-19,21-23H,6-11H2,1-5H3. The summed E-state index contributed by atoms with van der Waals surface area (Å²) in [5.41, 5.74) is -1.37. The Labute approximate surface area is 184 Å². The summed E-state index contributed by atoms with van der Waals surface area (Å²) >= 11 is 0. The Morgan fingerprint density at radius 3 is 2.45 bits per heavy atom. The van der Waals surface area contributed by atoms with E-state index in [1.54, 1.807) is 6.92 Å². The van der Waals surface area contributed by atoms with Gasteiger partial charge in [-0.25, -0.2) is 4.99 Å². The molecule has 4 fully saturated rings. The van der Waals surface area contributed by atoms with E-state index in [9.17, 15) is 14.4 Å². The lowest BCUT2D eigenvalue weighted by Crippen LogP contribution is -2.61. The maximum absolute atomic E-state index is 13.8. The summed E-state index contributed by atoms with van der Waals surface area (Å²) < 4.78 is 11.7. The number of esters is 1. The summed E-state index contributed by atoms with van der Waals surface area (Å²) in [6, 6.07) is 0. The number of nitrogens with zero attached hydrogens (tertiary/aromatic N) is 1. The zero-order valence-electron chi connectivity index (χ0n) is 19.3. The third kappa shape index (κ3) is 2.69. The SMILES string of the molecule is CC(=O)OC1CCC2C(CCC3C2C(=O)CC2(C(C)=O)C3CC3OC(C)=NC32C)C1C. The molecule has 5 aliphatic rings. The average Bonchev–Trinajstić information content (AvgIpc) is 3.11. The number of Topliss-reactive ketones (excluding diaryl/α,β-unsaturated/α-hetero) is 2. The van der Waals surface area contributed by atoms with Crippen LogP contribution in [0, 0.1) is 40.9 Å². The molecule has 0 aromatic carbocycles. The van der Waals surface area contributed by atoms with Crippen LogP contribution in [0.3, 0.4) is 0 Å². The van der Waals surface area contributed by atoms with Crippen LogP contribution in [-0.4, -0.2) is 41.2 Å². The van der Waals surface area contributed by atoms with Crippen molar-refractivity contribution < 1.29 is 23.9 Å². The normalized spacial score (nSPS) is 50.4. The molecule has 0 aromatic rings. The molecule has 0 N–H and O–H groups in total. The fraction of sp³-hybridized carbons (Fsp3) is 0.840. The molecule has 1 heterocycles. The third-order valence-electron chi connectivity index (χ3n) is 9.97. The van der Waals surface area contributed by atoms with E-state index in [0.717, 1.165) is 32.1 Å². The molecule has 0 bridgehead atoms. The monoisotopic (exact) mass is 429 g/mol. The number of fused-ring (bicyclic) bond motifs is 7. The van der Waals surface area contributed by atoms with E-state index in [1.807, 2.05) is 13.8 Å². The quantitative estimate of drug-likeness (QED) is 0.625. The predicted molar refractivity (Wildman–Crippen MR) is 114 cm³/mol. The maximum Gasteiger partial charge on any atom is 0.302 e. The van der Waals surface area contributed by atoms with Gasteiger partial charge in [0.15, 0.2) is 5.90 Å². The van der Waals surface area contributed by atoms with E-state index < -0.39 is 11.0 Å². The number of aliphatic imine (C=N–C) groups is 1. The largest absolute Gasteiger partial charge is 0.475 e. The number of carbonyl (C=O) groups is 3. The van der Waals surface area contributed by atoms with Gasteiger partial charge in [-0.1, -0.05) is 6.92 Å². The second kappa shape index (κ2) is 6.89. The van der Waals surface area contributed by atoms with Gasteiger partial charge in [0.25, 0.3) is 0 Å². The first-order chi connectivity index (χ1) is 14.6. The van der Waals surface area contributed by atoms with Crippen molar-refractivity contribution in [3.63, 3.8) is 0 Å². The highest BCUT2D eigenvalue weighted by atomic mass is 16.5. The highest BCUT2D eigenvalue weighted by Gasteiger charge is 2.73. The van der Waals surface area contributed by atoms with Crippen LogP contribution in [0.1, 0.15) is 73.1 Å². The summed E-state index contributed by atoms with van der Waals surface area (Å²) in [5.74, 6) is 2.19. The predicted octanol–water partition coefficient (Wildman–Crippen LogP) is 3.75. The van der Waals surface area contributed by atoms with Gasteiger partial charge >= 0.3 is 5.97 Å². The molecule has 1 aliphatic heterocycles. The second-order valence-corrected chi connectivity index (χ2v) is 11.1. The highest BCUT2D eigenvalue weighted by molar-refractivity contribution is 5.95. The molecule has 4 saturated carbocycles. The van der Waals surface area contributed by atoms with Crippen LogP contribution in [0.2, 0.25) is 0 Å². The zero-order chi connectivity index (χ0) is 22.3. The van der Waals surface area contributed by atoms with Crippen molar-refractivity contribution in [2.24, 2.45) is 45.9 Å². The van der Waals surface area contributed by atoms with E-state index in [1.165, 1.54) is 6.92 Å². The van der Waals surface area contributed by atoms with Gasteiger partial charge in [0.1, 0.15) is 29.3 Å². The van der Waals surface area contributed by atoms with Crippen LogP contribution >= 0.6 is 0 Å². The van der Waals surface area contributed by atoms with Crippen LogP contribution in [-0.2, 0) is 23.9 Å². The van der Waals surface area contributed by atoms with Crippen LogP contribution < -0.4 is 0 Å². The minimum absolute atomic E-state index is 0.0180. The smallest absolute Gasteiger partial charge is 0.302 e. The lowest BCUT2D eigenvalue weighted by atomic mass is 9.46. The first kappa shape index (κ1) is 21.1. The lowest BCUT2D eigenvalue weighted by Gasteiger charge is -2.57. The molecule has 4 aliphatic carbocycles. The molecule has 6 heteroatoms. The Bertz CT molecular complexity index is 866. The van der Waals surface area contributed by atoms with Crippen LogP contribution in [0.5, 0.6) is 0 Å². The minimum Gasteiger partial charge on any atom is -0.475 e. The fourth-order valence-corrected chi connectivity index (χ4v) is 8.82. The van der Waals surface area contributed by atoms with E-state index in [4.69, 9.17) is 14.5 Å². The van der Waals surface area contributed by atoms with E-state index in [0.29, 0.717) is 24.2 Å². The first-order valence-electron chi connectivity index (χ1n) is 12.0. The lowest BCUT2D eigenvalue weighted by molar-refractivity contribution is -0.167. The van der Waals surface area contributed by atoms with Crippen LogP contribution in [0.15, 0.2) is 4.99 Å². The van der Waals surface area contributed by atoms with Gasteiger partial charge in [-0.05, 0) is 75.5 Å². The topological polar surface area (TPSA) is 82.0 Å². The number of hydrogen-bond acceptors (Lipinski definition) is 6. The molecular formula is C25H35NO5. The Kier molecular flexibility index (Phi) is 4.70. The van der Waals surface area contributed by atoms with Crippen molar-refractivity contribution >= 4 is 23.4 Å². The van der Waals surface area contributed by atoms with E-state index in [2.05, 4.69) is 6.92 Å². The van der Waals surface area contributed by atoms with Crippen molar-refractivity contribution in [3.05, 3.63) is 0 Å². The number of hydrogen-bond donors (Lipinski definition) is 0. The molecule has 0 amide bonds. The molecule has 5 rings (SSSR count). The molecule has 10 unspecified atom stereocenters. The Morgan fingerprint density at radius 1 is 1.10 bits per heavy atom. The van der Waals surface area contributed by atoms with Crippen molar-refractivity contribution in [1.82, 2.24) is 0 Å². The molecule has 0 aromatic heterocycles. The molecule has 0 saturated heterocycles. The summed E-state index contributed by atoms with van der Waals surface area (Å²) in [5, 5.41) is 0. The molecule has 170 valence electrons. The first-order valence-corrected chi connectivity index (χ1v) is 12.0. The van der Waals surface area contributed by atoms with Gasteiger partial charge in [-0.15, -0.1) is 0 Å². The highest BCUT2D eigenvalue weighted by Crippen LogP contribution is 2.67. The Balaban J connectivity index is 1.48. The Morgan fingerprint density at radius 2 is 1.77 bits per heavy atom. The van der Waals surface area contributed by atoms with Gasteiger partial charge in [-0.3, -0.25) is 14.4 Å². The van der Waals surface area contributed by atoms with Gasteiger partial charge in [0.05, 0.1) is 5.41 Å². The van der Waals surface area contributed by atoms with Crippen LogP contribution in [0.4, 0.5) is 0 Å². The second-order valence-electron chi connectivity index (χ2n) is 11.1. The summed E-state index contributed by atoms with van der Waals surface area (Å²) in [4.78, 5) is 43.4. The van der Waals surface area contributed by atoms with Gasteiger partial charge in [0.2, 0.25) is 0 Å². The van der Waals surface area contributed by atoms with E-state index >= 15 is 0 Å². The minimum atomic E-state index is -0.735. The molecule has 10 atom stereocenters. The summed E-state index contributed by atoms with van der Waals surface area (Å²) in [6.07, 6.45) is 4.71. The molecule has 6 nitrogen and oxygen atoms in total. The van der Waals surface area contributed by atoms with Crippen molar-refractivity contribution in [2.45, 2.75) is 90.9 Å². The molecule has 0 radical (unpaired) electrons. The number of carbonyl (C=O) groups excluding carboxylic acids is 3. The maximum atomic E-state index is 13.8. The van der Waals surface area contributed by atoms with Crippen molar-refractivity contribution in [3.8, 4) is 0 Å². The number of ketones is 2. The Hall–Kier alpha value is -1.72. The molecule has 31 heavy (non-hydrogen) atoms. The van der Waals surface area contributed by atoms with Crippen LogP contribution in [0.25, 0.3) is 0 Å². The third-order valence-corrected chi connectivity index (χ3v) is 9.97. The number of rotatable bonds is 2. The molecule has 0 spiro atoms. The van der Waals surface area contributed by atoms with Gasteiger partial charge in [-0.2, -0.15) is 0 Å². The van der Waals surface area contributed by atoms with E-state index in [-0.39, 0.29) is 53.4 Å². The van der Waals surface area contributed by atoms with Gasteiger partial charge < -0.3 is 9.47 Å². The average molecular weight is 430 g/mol. The van der Waals surface area contributed by atoms with Crippen molar-refractivity contribution in [1.29, 1.82) is 0 Å². The fourth-order valence-electron chi connectivity index (χ4n) is 8.82. The zero-order valence-corrected chi connectivity index (χ0v) is 19.3. The van der Waals surface area contributed by atoms with Gasteiger partial charge in [0, 0.05) is 26.2 Å². The summed E-state index contributed by atoms with van der Waals surface area (Å²) in [6.45, 7) is 9.22. The van der Waals surface area contributed by atoms with Crippen molar-refractivity contribution in [2.75, 3.05) is 0 Å². The summed E-state index contributed by atoms with van der Waals surface area (Å²) in [7, 11) is 0.